The third kappa shape index (κ3) is 62.1. The number of esters is 3. The molecule has 6 heteroatoms. The molecule has 0 bridgehead atoms. The van der Waals surface area contributed by atoms with Gasteiger partial charge < -0.3 is 14.2 Å². The number of carbonyl (C=O) groups excluding carboxylic acids is 3. The first-order valence-electron chi connectivity index (χ1n) is 33.1. The van der Waals surface area contributed by atoms with Gasteiger partial charge in [-0.25, -0.2) is 0 Å². The van der Waals surface area contributed by atoms with E-state index in [1.54, 1.807) is 0 Å². The Hall–Kier alpha value is -2.63. The third-order valence-electron chi connectivity index (χ3n) is 14.8. The average Bonchev–Trinajstić information content (AvgIpc) is 3.41. The van der Waals surface area contributed by atoms with Crippen LogP contribution in [0.3, 0.4) is 0 Å². The van der Waals surface area contributed by atoms with E-state index in [4.69, 9.17) is 14.2 Å². The summed E-state index contributed by atoms with van der Waals surface area (Å²) in [5, 5.41) is 0. The Kier molecular flexibility index (Phi) is 61.7. The van der Waals surface area contributed by atoms with E-state index in [2.05, 4.69) is 69.4 Å². The van der Waals surface area contributed by atoms with Crippen LogP contribution in [-0.4, -0.2) is 37.2 Å². The minimum absolute atomic E-state index is 0.0761. The fourth-order valence-corrected chi connectivity index (χ4v) is 9.76. The predicted octanol–water partition coefficient (Wildman–Crippen LogP) is 22.6. The standard InChI is InChI=1S/C69H126O6/c1-4-7-10-13-16-19-22-25-28-30-31-32-33-34-35-36-37-38-39-40-42-44-47-50-53-56-59-62-68(71)74-65-66(64-73-67(70)61-58-55-52-49-46-43-27-24-21-18-15-12-9-6-3)75-69(72)63-60-57-54-51-48-45-41-29-26-23-20-17-14-11-8-5-2/h22,24-25,27,29-31,41,66H,4-21,23,26,28,32-40,42-65H2,1-3H3/b25-22-,27-24-,31-30-,41-29-. The molecule has 0 aliphatic heterocycles. The molecule has 1 atom stereocenters. The van der Waals surface area contributed by atoms with Gasteiger partial charge in [-0.2, -0.15) is 0 Å². The summed E-state index contributed by atoms with van der Waals surface area (Å²) in [5.41, 5.74) is 0. The van der Waals surface area contributed by atoms with Gasteiger partial charge in [0.15, 0.2) is 6.10 Å². The number of ether oxygens (including phenoxy) is 3. The second kappa shape index (κ2) is 63.9. The molecule has 0 fully saturated rings. The van der Waals surface area contributed by atoms with Crippen LogP contribution in [-0.2, 0) is 28.6 Å². The van der Waals surface area contributed by atoms with E-state index in [1.165, 1.54) is 238 Å². The monoisotopic (exact) mass is 1050 g/mol. The van der Waals surface area contributed by atoms with Crippen molar-refractivity contribution in [2.24, 2.45) is 0 Å². The van der Waals surface area contributed by atoms with Gasteiger partial charge in [-0.05, 0) is 103 Å². The van der Waals surface area contributed by atoms with Crippen molar-refractivity contribution in [3.8, 4) is 0 Å². The molecule has 0 aromatic rings. The Morgan fingerprint density at radius 1 is 0.267 bits per heavy atom. The minimum Gasteiger partial charge on any atom is -0.462 e. The van der Waals surface area contributed by atoms with Gasteiger partial charge in [0.05, 0.1) is 0 Å². The Morgan fingerprint density at radius 2 is 0.480 bits per heavy atom. The number of carbonyl (C=O) groups is 3. The zero-order valence-corrected chi connectivity index (χ0v) is 50.3. The SMILES string of the molecule is CCCCCCC/C=C\C/C=C\CCCCCCCCCCCCCCCCCC(=O)OCC(COC(=O)CCCCCCC/C=C\CCCCCCC)OC(=O)CCCCCCC/C=C\CCCCCCCCC. The van der Waals surface area contributed by atoms with E-state index < -0.39 is 6.10 Å². The topological polar surface area (TPSA) is 78.9 Å². The average molecular weight is 1050 g/mol. The molecule has 0 aliphatic rings. The minimum atomic E-state index is -0.780. The highest BCUT2D eigenvalue weighted by atomic mass is 16.6. The lowest BCUT2D eigenvalue weighted by atomic mass is 10.0. The summed E-state index contributed by atoms with van der Waals surface area (Å²) in [7, 11) is 0. The molecule has 0 N–H and O–H groups in total. The normalized spacial score (nSPS) is 12.3. The zero-order chi connectivity index (χ0) is 54.3. The van der Waals surface area contributed by atoms with Crippen LogP contribution in [0.5, 0.6) is 0 Å². The van der Waals surface area contributed by atoms with E-state index in [-0.39, 0.29) is 31.1 Å². The van der Waals surface area contributed by atoms with Gasteiger partial charge in [-0.1, -0.05) is 281 Å². The quantitative estimate of drug-likeness (QED) is 0.0261. The van der Waals surface area contributed by atoms with Crippen LogP contribution in [0.2, 0.25) is 0 Å². The summed E-state index contributed by atoms with van der Waals surface area (Å²) in [6, 6.07) is 0. The Balaban J connectivity index is 4.24. The molecule has 0 radical (unpaired) electrons. The highest BCUT2D eigenvalue weighted by Crippen LogP contribution is 2.17. The smallest absolute Gasteiger partial charge is 0.306 e. The van der Waals surface area contributed by atoms with Gasteiger partial charge in [0.2, 0.25) is 0 Å². The van der Waals surface area contributed by atoms with Crippen molar-refractivity contribution in [3.05, 3.63) is 48.6 Å². The van der Waals surface area contributed by atoms with Crippen molar-refractivity contribution in [2.75, 3.05) is 13.2 Å². The number of unbranched alkanes of at least 4 members (excludes halogenated alkanes) is 42. The molecule has 1 unspecified atom stereocenters. The summed E-state index contributed by atoms with van der Waals surface area (Å²) < 4.78 is 16.9. The fraction of sp³-hybridized carbons (Fsp3) is 0.841. The van der Waals surface area contributed by atoms with Crippen molar-refractivity contribution in [2.45, 2.75) is 361 Å². The lowest BCUT2D eigenvalue weighted by Crippen LogP contribution is -2.30. The number of hydrogen-bond donors (Lipinski definition) is 0. The van der Waals surface area contributed by atoms with Gasteiger partial charge in [-0.3, -0.25) is 14.4 Å². The molecular formula is C69H126O6. The summed E-state index contributed by atoms with van der Waals surface area (Å²) in [6.07, 6.45) is 79.8. The predicted molar refractivity (Wildman–Crippen MR) is 325 cm³/mol. The molecule has 0 amide bonds. The third-order valence-corrected chi connectivity index (χ3v) is 14.8. The van der Waals surface area contributed by atoms with E-state index in [0.29, 0.717) is 19.3 Å². The zero-order valence-electron chi connectivity index (χ0n) is 50.3. The van der Waals surface area contributed by atoms with Crippen molar-refractivity contribution in [1.82, 2.24) is 0 Å². The number of allylic oxidation sites excluding steroid dienone is 8. The molecular weight excluding hydrogens is 925 g/mol. The first-order chi connectivity index (χ1) is 37.0. The molecule has 0 saturated carbocycles. The van der Waals surface area contributed by atoms with Crippen LogP contribution in [0.15, 0.2) is 48.6 Å². The van der Waals surface area contributed by atoms with Crippen LogP contribution >= 0.6 is 0 Å². The molecule has 0 rings (SSSR count). The lowest BCUT2D eigenvalue weighted by molar-refractivity contribution is -0.167. The molecule has 75 heavy (non-hydrogen) atoms. The largest absolute Gasteiger partial charge is 0.462 e. The maximum absolute atomic E-state index is 12.9. The van der Waals surface area contributed by atoms with Gasteiger partial charge >= 0.3 is 17.9 Å². The maximum atomic E-state index is 12.9. The van der Waals surface area contributed by atoms with Crippen LogP contribution < -0.4 is 0 Å². The van der Waals surface area contributed by atoms with Crippen molar-refractivity contribution >= 4 is 17.9 Å². The van der Waals surface area contributed by atoms with E-state index in [1.807, 2.05) is 0 Å². The van der Waals surface area contributed by atoms with Gasteiger partial charge in [0.1, 0.15) is 13.2 Å². The molecule has 0 aromatic carbocycles. The first kappa shape index (κ1) is 72.4. The summed E-state index contributed by atoms with van der Waals surface area (Å²) in [6.45, 7) is 6.65. The van der Waals surface area contributed by atoms with E-state index in [9.17, 15) is 14.4 Å². The van der Waals surface area contributed by atoms with E-state index >= 15 is 0 Å². The molecule has 6 nitrogen and oxygen atoms in total. The molecule has 0 aromatic heterocycles. The molecule has 0 aliphatic carbocycles. The Morgan fingerprint density at radius 3 is 0.747 bits per heavy atom. The van der Waals surface area contributed by atoms with Gasteiger partial charge in [0.25, 0.3) is 0 Å². The first-order valence-corrected chi connectivity index (χ1v) is 33.1. The second-order valence-electron chi connectivity index (χ2n) is 22.4. The summed E-state index contributed by atoms with van der Waals surface area (Å²) in [4.78, 5) is 38.3. The molecule has 0 heterocycles. The van der Waals surface area contributed by atoms with E-state index in [0.717, 1.165) is 77.0 Å². The van der Waals surface area contributed by atoms with Gasteiger partial charge in [0, 0.05) is 19.3 Å². The lowest BCUT2D eigenvalue weighted by Gasteiger charge is -2.18. The fourth-order valence-electron chi connectivity index (χ4n) is 9.76. The molecule has 0 saturated heterocycles. The number of hydrogen-bond acceptors (Lipinski definition) is 6. The van der Waals surface area contributed by atoms with Crippen molar-refractivity contribution < 1.29 is 28.6 Å². The van der Waals surface area contributed by atoms with Gasteiger partial charge in [-0.15, -0.1) is 0 Å². The molecule has 0 spiro atoms. The second-order valence-corrected chi connectivity index (χ2v) is 22.4. The molecule has 438 valence electrons. The Bertz CT molecular complexity index is 1300. The van der Waals surface area contributed by atoms with Crippen LogP contribution in [0.1, 0.15) is 355 Å². The number of rotatable bonds is 61. The van der Waals surface area contributed by atoms with Crippen molar-refractivity contribution in [3.63, 3.8) is 0 Å². The summed E-state index contributed by atoms with van der Waals surface area (Å²) in [5.74, 6) is -0.873. The maximum Gasteiger partial charge on any atom is 0.306 e. The van der Waals surface area contributed by atoms with Crippen molar-refractivity contribution in [1.29, 1.82) is 0 Å². The highest BCUT2D eigenvalue weighted by Gasteiger charge is 2.19. The van der Waals surface area contributed by atoms with Crippen LogP contribution in [0.4, 0.5) is 0 Å². The Labute approximate surface area is 467 Å². The van der Waals surface area contributed by atoms with Crippen LogP contribution in [0, 0.1) is 0 Å². The highest BCUT2D eigenvalue weighted by molar-refractivity contribution is 5.71. The summed E-state index contributed by atoms with van der Waals surface area (Å²) >= 11 is 0. The van der Waals surface area contributed by atoms with Crippen LogP contribution in [0.25, 0.3) is 0 Å².